The lowest BCUT2D eigenvalue weighted by molar-refractivity contribution is -0.122. The lowest BCUT2D eigenvalue weighted by Crippen LogP contribution is -2.37. The van der Waals surface area contributed by atoms with E-state index in [1.54, 1.807) is 14.2 Å². The van der Waals surface area contributed by atoms with Crippen LogP contribution in [0.25, 0.3) is 5.65 Å². The zero-order valence-electron chi connectivity index (χ0n) is 17.9. The third kappa shape index (κ3) is 4.96. The number of ether oxygens (including phenoxy) is 2. The van der Waals surface area contributed by atoms with E-state index in [0.717, 1.165) is 29.7 Å². The summed E-state index contributed by atoms with van der Waals surface area (Å²) in [6.45, 7) is 0. The van der Waals surface area contributed by atoms with Gasteiger partial charge in [-0.1, -0.05) is 30.9 Å². The number of aromatic nitrogens is 2. The second-order valence-electron chi connectivity index (χ2n) is 8.06. The van der Waals surface area contributed by atoms with Crippen LogP contribution in [0.15, 0.2) is 42.7 Å². The zero-order chi connectivity index (χ0) is 21.8. The molecule has 7 heteroatoms. The van der Waals surface area contributed by atoms with E-state index in [0.29, 0.717) is 22.9 Å². The Kier molecular flexibility index (Phi) is 6.66. The third-order valence-electron chi connectivity index (χ3n) is 5.99. The summed E-state index contributed by atoms with van der Waals surface area (Å²) < 4.78 is 12.9. The number of halogens is 1. The number of fused-ring (bicyclic) bond motifs is 1. The molecule has 3 aromatic rings. The minimum atomic E-state index is -0.235. The molecule has 1 aromatic carbocycles. The SMILES string of the molecule is COc1cc(OC)cc(C(CC(=O)NC2CCCCC2)c2cnc3ccc(Cl)cn23)c1. The smallest absolute Gasteiger partial charge is 0.221 e. The molecule has 0 saturated heterocycles. The fourth-order valence-corrected chi connectivity index (χ4v) is 4.53. The highest BCUT2D eigenvalue weighted by Crippen LogP contribution is 2.34. The molecule has 1 unspecified atom stereocenters. The maximum atomic E-state index is 13.1. The Morgan fingerprint density at radius 1 is 1.16 bits per heavy atom. The van der Waals surface area contributed by atoms with Crippen molar-refractivity contribution in [2.24, 2.45) is 0 Å². The first-order valence-corrected chi connectivity index (χ1v) is 11.1. The van der Waals surface area contributed by atoms with E-state index >= 15 is 0 Å². The summed E-state index contributed by atoms with van der Waals surface area (Å²) in [4.78, 5) is 17.6. The third-order valence-corrected chi connectivity index (χ3v) is 6.21. The lowest BCUT2D eigenvalue weighted by Gasteiger charge is -2.24. The van der Waals surface area contributed by atoms with E-state index in [4.69, 9.17) is 21.1 Å². The maximum absolute atomic E-state index is 13.1. The maximum Gasteiger partial charge on any atom is 0.221 e. The Bertz CT molecular complexity index is 1040. The number of amides is 1. The molecular weight excluding hydrogens is 414 g/mol. The van der Waals surface area contributed by atoms with Gasteiger partial charge in [-0.2, -0.15) is 0 Å². The van der Waals surface area contributed by atoms with Crippen LogP contribution in [0.1, 0.15) is 55.7 Å². The Morgan fingerprint density at radius 3 is 2.55 bits per heavy atom. The van der Waals surface area contributed by atoms with E-state index in [-0.39, 0.29) is 17.9 Å². The first-order valence-electron chi connectivity index (χ1n) is 10.7. The molecule has 0 bridgehead atoms. The fourth-order valence-electron chi connectivity index (χ4n) is 4.37. The zero-order valence-corrected chi connectivity index (χ0v) is 18.7. The number of benzene rings is 1. The summed E-state index contributed by atoms with van der Waals surface area (Å²) in [6.07, 6.45) is 9.65. The molecule has 0 spiro atoms. The van der Waals surface area contributed by atoms with Gasteiger partial charge in [-0.15, -0.1) is 0 Å². The topological polar surface area (TPSA) is 64.9 Å². The number of carbonyl (C=O) groups is 1. The number of nitrogens with zero attached hydrogens (tertiary/aromatic N) is 2. The van der Waals surface area contributed by atoms with Crippen LogP contribution < -0.4 is 14.8 Å². The van der Waals surface area contributed by atoms with Crippen LogP contribution in [-0.2, 0) is 4.79 Å². The van der Waals surface area contributed by atoms with Crippen molar-refractivity contribution in [1.82, 2.24) is 14.7 Å². The number of hydrogen-bond donors (Lipinski definition) is 1. The summed E-state index contributed by atoms with van der Waals surface area (Å²) in [5.41, 5.74) is 2.61. The monoisotopic (exact) mass is 441 g/mol. The van der Waals surface area contributed by atoms with Crippen molar-refractivity contribution in [3.8, 4) is 11.5 Å². The molecule has 1 amide bonds. The van der Waals surface area contributed by atoms with Crippen LogP contribution >= 0.6 is 11.6 Å². The lowest BCUT2D eigenvalue weighted by atomic mass is 9.91. The number of carbonyl (C=O) groups excluding carboxylic acids is 1. The summed E-state index contributed by atoms with van der Waals surface area (Å²) in [6, 6.07) is 9.67. The van der Waals surface area contributed by atoms with Crippen molar-refractivity contribution in [1.29, 1.82) is 0 Å². The summed E-state index contributed by atoms with van der Waals surface area (Å²) in [5, 5.41) is 3.85. The highest BCUT2D eigenvalue weighted by Gasteiger charge is 2.25. The number of imidazole rings is 1. The van der Waals surface area contributed by atoms with Gasteiger partial charge in [0.1, 0.15) is 17.1 Å². The van der Waals surface area contributed by atoms with Gasteiger partial charge in [0.05, 0.1) is 24.9 Å². The van der Waals surface area contributed by atoms with Gasteiger partial charge in [-0.25, -0.2) is 4.98 Å². The molecule has 164 valence electrons. The van der Waals surface area contributed by atoms with Gasteiger partial charge in [-0.3, -0.25) is 4.79 Å². The normalized spacial score (nSPS) is 15.6. The molecule has 2 aromatic heterocycles. The van der Waals surface area contributed by atoms with E-state index in [1.807, 2.05) is 47.1 Å². The van der Waals surface area contributed by atoms with E-state index in [2.05, 4.69) is 10.3 Å². The van der Waals surface area contributed by atoms with Crippen LogP contribution in [0.4, 0.5) is 0 Å². The van der Waals surface area contributed by atoms with Gasteiger partial charge >= 0.3 is 0 Å². The number of hydrogen-bond acceptors (Lipinski definition) is 4. The van der Waals surface area contributed by atoms with Gasteiger partial charge in [0, 0.05) is 36.8 Å². The van der Waals surface area contributed by atoms with Crippen molar-refractivity contribution >= 4 is 23.2 Å². The van der Waals surface area contributed by atoms with Crippen molar-refractivity contribution in [2.45, 2.75) is 50.5 Å². The predicted octanol–water partition coefficient (Wildman–Crippen LogP) is 4.98. The molecule has 6 nitrogen and oxygen atoms in total. The standard InChI is InChI=1S/C24H28ClN3O3/c1-30-19-10-16(11-20(12-19)31-2)21(13-24(29)27-18-6-4-3-5-7-18)22-14-26-23-9-8-17(25)15-28(22)23/h8-12,14-15,18,21H,3-7,13H2,1-2H3,(H,27,29). The van der Waals surface area contributed by atoms with Crippen molar-refractivity contribution < 1.29 is 14.3 Å². The second kappa shape index (κ2) is 9.60. The van der Waals surface area contributed by atoms with Gasteiger partial charge in [0.25, 0.3) is 0 Å². The predicted molar refractivity (Wildman–Crippen MR) is 121 cm³/mol. The Hall–Kier alpha value is -2.73. The molecular formula is C24H28ClN3O3. The van der Waals surface area contributed by atoms with Crippen LogP contribution in [0.3, 0.4) is 0 Å². The van der Waals surface area contributed by atoms with Gasteiger partial charge in [0.15, 0.2) is 0 Å². The molecule has 0 aliphatic heterocycles. The molecule has 31 heavy (non-hydrogen) atoms. The number of methoxy groups -OCH3 is 2. The van der Waals surface area contributed by atoms with Crippen molar-refractivity contribution in [3.05, 3.63) is 59.0 Å². The summed E-state index contributed by atoms with van der Waals surface area (Å²) in [5.74, 6) is 1.16. The quantitative estimate of drug-likeness (QED) is 0.561. The van der Waals surface area contributed by atoms with E-state index in [1.165, 1.54) is 19.3 Å². The molecule has 1 saturated carbocycles. The molecule has 2 heterocycles. The van der Waals surface area contributed by atoms with E-state index < -0.39 is 0 Å². The van der Waals surface area contributed by atoms with Crippen LogP contribution in [0, 0.1) is 0 Å². The summed E-state index contributed by atoms with van der Waals surface area (Å²) in [7, 11) is 3.24. The molecule has 0 radical (unpaired) electrons. The molecule has 1 N–H and O–H groups in total. The largest absolute Gasteiger partial charge is 0.497 e. The first kappa shape index (κ1) is 21.5. The van der Waals surface area contributed by atoms with Gasteiger partial charge in [-0.05, 0) is 42.7 Å². The van der Waals surface area contributed by atoms with Gasteiger partial charge in [0.2, 0.25) is 5.91 Å². The second-order valence-corrected chi connectivity index (χ2v) is 8.50. The fraction of sp³-hybridized carbons (Fsp3) is 0.417. The average Bonchev–Trinajstić information content (AvgIpc) is 3.20. The molecule has 1 aliphatic rings. The van der Waals surface area contributed by atoms with Crippen LogP contribution in [-0.4, -0.2) is 35.6 Å². The molecule has 4 rings (SSSR count). The number of nitrogens with one attached hydrogen (secondary N) is 1. The minimum absolute atomic E-state index is 0.0377. The van der Waals surface area contributed by atoms with Crippen LogP contribution in [0.2, 0.25) is 5.02 Å². The van der Waals surface area contributed by atoms with Crippen LogP contribution in [0.5, 0.6) is 11.5 Å². The van der Waals surface area contributed by atoms with E-state index in [9.17, 15) is 4.79 Å². The molecule has 1 atom stereocenters. The first-order chi connectivity index (χ1) is 15.1. The molecule has 1 aliphatic carbocycles. The van der Waals surface area contributed by atoms with Gasteiger partial charge < -0.3 is 19.2 Å². The highest BCUT2D eigenvalue weighted by molar-refractivity contribution is 6.30. The Balaban J connectivity index is 1.71. The number of pyridine rings is 1. The average molecular weight is 442 g/mol. The Morgan fingerprint density at radius 2 is 1.87 bits per heavy atom. The Labute approximate surface area is 187 Å². The highest BCUT2D eigenvalue weighted by atomic mass is 35.5. The van der Waals surface area contributed by atoms with Crippen molar-refractivity contribution in [2.75, 3.05) is 14.2 Å². The number of rotatable bonds is 7. The minimum Gasteiger partial charge on any atom is -0.497 e. The molecule has 1 fully saturated rings. The summed E-state index contributed by atoms with van der Waals surface area (Å²) >= 11 is 6.26. The van der Waals surface area contributed by atoms with Crippen molar-refractivity contribution in [3.63, 3.8) is 0 Å².